The first-order valence-electron chi connectivity index (χ1n) is 12.9. The highest BCUT2D eigenvalue weighted by atomic mass is 19.4. The monoisotopic (exact) mass is 555 g/mol. The van der Waals surface area contributed by atoms with Gasteiger partial charge in [-0.2, -0.15) is 0 Å². The molecule has 7 nitrogen and oxygen atoms in total. The first-order valence-corrected chi connectivity index (χ1v) is 12.9. The van der Waals surface area contributed by atoms with Crippen molar-refractivity contribution in [2.75, 3.05) is 29.4 Å². The van der Waals surface area contributed by atoms with Crippen LogP contribution in [-0.2, 0) is 6.54 Å². The molecule has 1 N–H and O–H groups in total. The fraction of sp³-hybridized carbons (Fsp3) is 0.310. The van der Waals surface area contributed by atoms with Gasteiger partial charge in [-0.15, -0.1) is 13.2 Å². The van der Waals surface area contributed by atoms with Crippen molar-refractivity contribution in [1.82, 2.24) is 14.7 Å². The van der Waals surface area contributed by atoms with E-state index >= 15 is 4.39 Å². The van der Waals surface area contributed by atoms with E-state index in [1.165, 1.54) is 18.2 Å². The molecule has 1 saturated heterocycles. The van der Waals surface area contributed by atoms with Gasteiger partial charge < -0.3 is 19.9 Å². The Labute approximate surface area is 229 Å². The standard InChI is InChI=1S/C29H29F4N5O2/c1-18-4-11-26-35-20(3)27(38(26)16-18)28(39)34-15-21-5-10-25(24(30)14-21)36-12-13-37(19(2)17-36)22-6-8-23(9-7-22)40-29(31,32)33/h4-11,14,16,19H,12-13,15,17H2,1-3H3,(H,34,39)/t19-/m0/s1. The number of nitrogens with zero attached hydrogens (tertiary/aromatic N) is 4. The summed E-state index contributed by atoms with van der Waals surface area (Å²) >= 11 is 0. The summed E-state index contributed by atoms with van der Waals surface area (Å²) in [6.07, 6.45) is -2.88. The van der Waals surface area contributed by atoms with Crippen LogP contribution in [0.4, 0.5) is 28.9 Å². The molecule has 1 fully saturated rings. The number of carbonyl (C=O) groups is 1. The summed E-state index contributed by atoms with van der Waals surface area (Å²) in [5.41, 5.74) is 4.61. The van der Waals surface area contributed by atoms with Crippen molar-refractivity contribution in [3.05, 3.63) is 89.1 Å². The van der Waals surface area contributed by atoms with Crippen molar-refractivity contribution in [2.24, 2.45) is 0 Å². The highest BCUT2D eigenvalue weighted by molar-refractivity contribution is 5.94. The van der Waals surface area contributed by atoms with Crippen LogP contribution >= 0.6 is 0 Å². The van der Waals surface area contributed by atoms with Gasteiger partial charge in [0.15, 0.2) is 0 Å². The number of ether oxygens (including phenoxy) is 1. The van der Waals surface area contributed by atoms with E-state index in [1.54, 1.807) is 35.6 Å². The number of hydrogen-bond donors (Lipinski definition) is 1. The van der Waals surface area contributed by atoms with Crippen LogP contribution in [0.5, 0.6) is 5.75 Å². The van der Waals surface area contributed by atoms with E-state index in [4.69, 9.17) is 0 Å². The largest absolute Gasteiger partial charge is 0.573 e. The number of halogens is 4. The number of carbonyl (C=O) groups excluding carboxylic acids is 1. The molecule has 1 atom stereocenters. The van der Waals surface area contributed by atoms with Crippen LogP contribution in [0.3, 0.4) is 0 Å². The number of pyridine rings is 1. The van der Waals surface area contributed by atoms with Crippen molar-refractivity contribution in [1.29, 1.82) is 0 Å². The summed E-state index contributed by atoms with van der Waals surface area (Å²) in [6.45, 7) is 7.49. The molecule has 5 rings (SSSR count). The predicted molar refractivity (Wildman–Crippen MR) is 144 cm³/mol. The number of hydrogen-bond acceptors (Lipinski definition) is 5. The molecule has 0 radical (unpaired) electrons. The molecular formula is C29H29F4N5O2. The van der Waals surface area contributed by atoms with Gasteiger partial charge in [-0.05, 0) is 74.4 Å². The summed E-state index contributed by atoms with van der Waals surface area (Å²) in [5.74, 6) is -0.949. The molecule has 3 heterocycles. The molecule has 40 heavy (non-hydrogen) atoms. The highest BCUT2D eigenvalue weighted by Gasteiger charge is 2.31. The van der Waals surface area contributed by atoms with E-state index in [2.05, 4.69) is 19.9 Å². The van der Waals surface area contributed by atoms with Crippen molar-refractivity contribution in [2.45, 2.75) is 39.7 Å². The maximum atomic E-state index is 15.2. The quantitative estimate of drug-likeness (QED) is 0.313. The van der Waals surface area contributed by atoms with Gasteiger partial charge in [-0.3, -0.25) is 9.20 Å². The van der Waals surface area contributed by atoms with Crippen LogP contribution in [0.1, 0.15) is 34.2 Å². The number of fused-ring (bicyclic) bond motifs is 1. The molecule has 2 aromatic carbocycles. The Hall–Kier alpha value is -4.28. The third-order valence-electron chi connectivity index (χ3n) is 6.99. The number of benzene rings is 2. The van der Waals surface area contributed by atoms with E-state index < -0.39 is 6.36 Å². The molecule has 4 aromatic rings. The van der Waals surface area contributed by atoms with Gasteiger partial charge in [-0.1, -0.05) is 12.1 Å². The molecule has 1 aliphatic rings. The van der Waals surface area contributed by atoms with Gasteiger partial charge in [-0.25, -0.2) is 9.37 Å². The lowest BCUT2D eigenvalue weighted by molar-refractivity contribution is -0.274. The summed E-state index contributed by atoms with van der Waals surface area (Å²) in [5, 5.41) is 2.87. The zero-order valence-electron chi connectivity index (χ0n) is 22.3. The average Bonchev–Trinajstić information content (AvgIpc) is 3.22. The number of alkyl halides is 3. The van der Waals surface area contributed by atoms with E-state index in [-0.39, 0.29) is 30.1 Å². The summed E-state index contributed by atoms with van der Waals surface area (Å²) < 4.78 is 58.2. The molecule has 210 valence electrons. The lowest BCUT2D eigenvalue weighted by Crippen LogP contribution is -2.52. The molecule has 11 heteroatoms. The summed E-state index contributed by atoms with van der Waals surface area (Å²) in [6, 6.07) is 14.5. The van der Waals surface area contributed by atoms with Gasteiger partial charge in [0, 0.05) is 44.1 Å². The second-order valence-electron chi connectivity index (χ2n) is 9.98. The number of aromatic nitrogens is 2. The van der Waals surface area contributed by atoms with Crippen molar-refractivity contribution in [3.63, 3.8) is 0 Å². The van der Waals surface area contributed by atoms with E-state index in [9.17, 15) is 18.0 Å². The molecule has 0 saturated carbocycles. The zero-order chi connectivity index (χ0) is 28.6. The van der Waals surface area contributed by atoms with E-state index in [1.807, 2.05) is 37.1 Å². The first kappa shape index (κ1) is 27.3. The smallest absolute Gasteiger partial charge is 0.406 e. The van der Waals surface area contributed by atoms with Gasteiger partial charge in [0.1, 0.15) is 22.9 Å². The number of amides is 1. The van der Waals surface area contributed by atoms with Crippen LogP contribution < -0.4 is 19.9 Å². The van der Waals surface area contributed by atoms with Crippen LogP contribution in [0.25, 0.3) is 5.65 Å². The third-order valence-corrected chi connectivity index (χ3v) is 6.99. The highest BCUT2D eigenvalue weighted by Crippen LogP contribution is 2.29. The first-order chi connectivity index (χ1) is 19.0. The maximum absolute atomic E-state index is 15.2. The minimum absolute atomic E-state index is 0.0150. The summed E-state index contributed by atoms with van der Waals surface area (Å²) in [4.78, 5) is 21.4. The van der Waals surface area contributed by atoms with Crippen LogP contribution in [0.15, 0.2) is 60.8 Å². The molecule has 1 aliphatic heterocycles. The number of anilines is 2. The minimum atomic E-state index is -4.74. The fourth-order valence-electron chi connectivity index (χ4n) is 5.12. The Morgan fingerprint density at radius 3 is 2.50 bits per heavy atom. The number of nitrogens with one attached hydrogen (secondary N) is 1. The number of aryl methyl sites for hydroxylation is 2. The van der Waals surface area contributed by atoms with Crippen molar-refractivity contribution in [3.8, 4) is 5.75 Å². The van der Waals surface area contributed by atoms with Crippen molar-refractivity contribution < 1.29 is 27.1 Å². The van der Waals surface area contributed by atoms with Gasteiger partial charge in [0.25, 0.3) is 5.91 Å². The normalized spacial score (nSPS) is 15.9. The Kier molecular flexibility index (Phi) is 7.31. The lowest BCUT2D eigenvalue weighted by Gasteiger charge is -2.42. The van der Waals surface area contributed by atoms with Crippen molar-refractivity contribution >= 4 is 22.9 Å². The Bertz CT molecular complexity index is 1530. The molecule has 0 aliphatic carbocycles. The maximum Gasteiger partial charge on any atom is 0.573 e. The van der Waals surface area contributed by atoms with E-state index in [0.29, 0.717) is 47.9 Å². The Balaban J connectivity index is 1.21. The molecule has 1 amide bonds. The second kappa shape index (κ2) is 10.7. The van der Waals surface area contributed by atoms with E-state index in [0.717, 1.165) is 11.3 Å². The summed E-state index contributed by atoms with van der Waals surface area (Å²) in [7, 11) is 0. The second-order valence-corrected chi connectivity index (χ2v) is 9.98. The topological polar surface area (TPSA) is 62.1 Å². The SMILES string of the molecule is Cc1ccc2nc(C)c(C(=O)NCc3ccc(N4CCN(c5ccc(OC(F)(F)F)cc5)[C@@H](C)C4)c(F)c3)n2c1. The van der Waals surface area contributed by atoms with Gasteiger partial charge in [0.05, 0.1) is 11.4 Å². The number of rotatable bonds is 6. The van der Waals surface area contributed by atoms with Crippen LogP contribution in [0, 0.1) is 19.7 Å². The third kappa shape index (κ3) is 5.83. The predicted octanol–water partition coefficient (Wildman–Crippen LogP) is 5.63. The zero-order valence-corrected chi connectivity index (χ0v) is 22.3. The average molecular weight is 556 g/mol. The fourth-order valence-corrected chi connectivity index (χ4v) is 5.12. The molecule has 2 aromatic heterocycles. The molecule has 0 unspecified atom stereocenters. The Morgan fingerprint density at radius 1 is 1.07 bits per heavy atom. The Morgan fingerprint density at radius 2 is 1.82 bits per heavy atom. The van der Waals surface area contributed by atoms with Crippen LogP contribution in [-0.4, -0.2) is 47.3 Å². The molecule has 0 bridgehead atoms. The van der Waals surface area contributed by atoms with Gasteiger partial charge >= 0.3 is 6.36 Å². The minimum Gasteiger partial charge on any atom is -0.406 e. The van der Waals surface area contributed by atoms with Gasteiger partial charge in [0.2, 0.25) is 0 Å². The molecule has 0 spiro atoms. The number of imidazole rings is 1. The number of piperazine rings is 1. The lowest BCUT2D eigenvalue weighted by atomic mass is 10.1. The molecular weight excluding hydrogens is 526 g/mol. The van der Waals surface area contributed by atoms with Crippen LogP contribution in [0.2, 0.25) is 0 Å².